The Hall–Kier alpha value is -1.81. The van der Waals surface area contributed by atoms with Crippen molar-refractivity contribution in [1.29, 1.82) is 0 Å². The van der Waals surface area contributed by atoms with Gasteiger partial charge in [-0.15, -0.1) is 11.3 Å². The van der Waals surface area contributed by atoms with E-state index >= 15 is 0 Å². The van der Waals surface area contributed by atoms with Gasteiger partial charge in [-0.3, -0.25) is 9.69 Å². The van der Waals surface area contributed by atoms with Gasteiger partial charge in [-0.25, -0.2) is 13.4 Å². The molecule has 0 aliphatic carbocycles. The first-order valence-corrected chi connectivity index (χ1v) is 13.7. The third-order valence-corrected chi connectivity index (χ3v) is 9.02. The smallest absolute Gasteiger partial charge is 0.243 e. The van der Waals surface area contributed by atoms with Crippen molar-refractivity contribution in [2.75, 3.05) is 39.3 Å². The molecule has 32 heavy (non-hydrogen) atoms. The van der Waals surface area contributed by atoms with Crippen LogP contribution in [0.4, 0.5) is 0 Å². The second kappa shape index (κ2) is 10.4. The van der Waals surface area contributed by atoms with E-state index in [9.17, 15) is 13.2 Å². The van der Waals surface area contributed by atoms with Crippen LogP contribution in [0.5, 0.6) is 0 Å². The minimum Gasteiger partial charge on any atom is -0.340 e. The predicted molar refractivity (Wildman–Crippen MR) is 126 cm³/mol. The molecule has 0 radical (unpaired) electrons. The summed E-state index contributed by atoms with van der Waals surface area (Å²) in [6.07, 6.45) is 4.03. The quantitative estimate of drug-likeness (QED) is 0.614. The highest BCUT2D eigenvalue weighted by Crippen LogP contribution is 2.21. The molecule has 0 unspecified atom stereocenters. The van der Waals surface area contributed by atoms with Crippen molar-refractivity contribution in [2.24, 2.45) is 0 Å². The Balaban J connectivity index is 1.23. The van der Waals surface area contributed by atoms with E-state index in [2.05, 4.69) is 15.3 Å². The zero-order valence-electron chi connectivity index (χ0n) is 18.7. The van der Waals surface area contributed by atoms with Gasteiger partial charge in [0, 0.05) is 57.6 Å². The zero-order valence-corrected chi connectivity index (χ0v) is 20.3. The lowest BCUT2D eigenvalue weighted by atomic mass is 10.1. The van der Waals surface area contributed by atoms with Gasteiger partial charge in [0.2, 0.25) is 15.9 Å². The molecule has 1 amide bonds. The molecule has 4 rings (SSSR count). The first-order chi connectivity index (χ1) is 15.4. The molecule has 0 bridgehead atoms. The van der Waals surface area contributed by atoms with Crippen LogP contribution in [-0.2, 0) is 27.8 Å². The standard InChI is InChI=1S/C23H32N4O3S2/c1-19-24-21(18-31-19)17-25-13-15-26(16-14-25)23(28)10-7-20-5-8-22(9-6-20)32(29,30)27-11-3-2-4-12-27/h5-6,8-9,18H,2-4,7,10-17H2,1H3. The largest absolute Gasteiger partial charge is 0.340 e. The Bertz CT molecular complexity index is 1010. The summed E-state index contributed by atoms with van der Waals surface area (Å²) in [6, 6.07) is 7.06. The first-order valence-electron chi connectivity index (χ1n) is 11.4. The van der Waals surface area contributed by atoms with E-state index in [1.54, 1.807) is 27.8 Å². The van der Waals surface area contributed by atoms with E-state index in [4.69, 9.17) is 0 Å². The van der Waals surface area contributed by atoms with Crippen LogP contribution in [0.25, 0.3) is 0 Å². The second-order valence-corrected chi connectivity index (χ2v) is 11.6. The van der Waals surface area contributed by atoms with Gasteiger partial charge in [0.05, 0.1) is 15.6 Å². The molecule has 2 fully saturated rings. The lowest BCUT2D eigenvalue weighted by Gasteiger charge is -2.34. The summed E-state index contributed by atoms with van der Waals surface area (Å²) >= 11 is 1.67. The van der Waals surface area contributed by atoms with E-state index < -0.39 is 10.0 Å². The lowest BCUT2D eigenvalue weighted by molar-refractivity contribution is -0.133. The Morgan fingerprint density at radius 2 is 1.69 bits per heavy atom. The Morgan fingerprint density at radius 3 is 2.31 bits per heavy atom. The maximum atomic E-state index is 12.8. The molecule has 9 heteroatoms. The summed E-state index contributed by atoms with van der Waals surface area (Å²) in [5.74, 6) is 0.166. The summed E-state index contributed by atoms with van der Waals surface area (Å²) in [5, 5.41) is 3.20. The molecule has 174 valence electrons. The summed E-state index contributed by atoms with van der Waals surface area (Å²) in [5.41, 5.74) is 2.10. The second-order valence-electron chi connectivity index (χ2n) is 8.62. The number of benzene rings is 1. The minimum atomic E-state index is -3.40. The topological polar surface area (TPSA) is 73.8 Å². The number of aryl methyl sites for hydroxylation is 2. The molecule has 7 nitrogen and oxygen atoms in total. The van der Waals surface area contributed by atoms with Gasteiger partial charge in [-0.2, -0.15) is 4.31 Å². The normalized spacial score (nSPS) is 18.7. The van der Waals surface area contributed by atoms with Crippen molar-refractivity contribution < 1.29 is 13.2 Å². The van der Waals surface area contributed by atoms with Crippen LogP contribution in [0.15, 0.2) is 34.5 Å². The first kappa shape index (κ1) is 23.4. The van der Waals surface area contributed by atoms with E-state index in [0.717, 1.165) is 68.3 Å². The Kier molecular flexibility index (Phi) is 7.60. The number of aromatic nitrogens is 1. The summed E-state index contributed by atoms with van der Waals surface area (Å²) in [7, 11) is -3.40. The molecule has 0 atom stereocenters. The van der Waals surface area contributed by atoms with Crippen molar-refractivity contribution in [1.82, 2.24) is 19.1 Å². The summed E-state index contributed by atoms with van der Waals surface area (Å²) in [6.45, 7) is 7.30. The van der Waals surface area contributed by atoms with E-state index in [0.29, 0.717) is 30.8 Å². The molecule has 2 aromatic rings. The van der Waals surface area contributed by atoms with Gasteiger partial charge in [-0.05, 0) is 43.9 Å². The van der Waals surface area contributed by atoms with E-state index in [1.165, 1.54) is 0 Å². The number of carbonyl (C=O) groups excluding carboxylic acids is 1. The molecule has 2 aliphatic heterocycles. The average Bonchev–Trinajstić information content (AvgIpc) is 3.23. The van der Waals surface area contributed by atoms with Crippen LogP contribution in [0.3, 0.4) is 0 Å². The fraction of sp³-hybridized carbons (Fsp3) is 0.565. The van der Waals surface area contributed by atoms with Crippen molar-refractivity contribution >= 4 is 27.3 Å². The van der Waals surface area contributed by atoms with Gasteiger partial charge in [0.25, 0.3) is 0 Å². The number of hydrogen-bond donors (Lipinski definition) is 0. The number of amides is 1. The number of piperazine rings is 1. The molecular weight excluding hydrogens is 444 g/mol. The van der Waals surface area contributed by atoms with Crippen molar-refractivity contribution in [3.63, 3.8) is 0 Å². The maximum absolute atomic E-state index is 12.8. The monoisotopic (exact) mass is 476 g/mol. The van der Waals surface area contributed by atoms with Gasteiger partial charge in [0.1, 0.15) is 0 Å². The average molecular weight is 477 g/mol. The fourth-order valence-electron chi connectivity index (χ4n) is 4.36. The number of carbonyl (C=O) groups is 1. The van der Waals surface area contributed by atoms with Crippen LogP contribution < -0.4 is 0 Å². The lowest BCUT2D eigenvalue weighted by Crippen LogP contribution is -2.48. The maximum Gasteiger partial charge on any atom is 0.243 e. The van der Waals surface area contributed by atoms with E-state index in [-0.39, 0.29) is 5.91 Å². The van der Waals surface area contributed by atoms with Gasteiger partial charge in [-0.1, -0.05) is 18.6 Å². The van der Waals surface area contributed by atoms with Crippen LogP contribution in [-0.4, -0.2) is 72.7 Å². The number of rotatable bonds is 7. The third-order valence-electron chi connectivity index (χ3n) is 6.28. The molecule has 0 spiro atoms. The fourth-order valence-corrected chi connectivity index (χ4v) is 6.48. The minimum absolute atomic E-state index is 0.166. The van der Waals surface area contributed by atoms with E-state index in [1.807, 2.05) is 24.0 Å². The van der Waals surface area contributed by atoms with Gasteiger partial charge in [0.15, 0.2) is 0 Å². The molecule has 2 saturated heterocycles. The van der Waals surface area contributed by atoms with Crippen molar-refractivity contribution in [3.05, 3.63) is 45.9 Å². The number of nitrogens with zero attached hydrogens (tertiary/aromatic N) is 4. The SMILES string of the molecule is Cc1nc(CN2CCN(C(=O)CCc3ccc(S(=O)(=O)N4CCCCC4)cc3)CC2)cs1. The Labute approximate surface area is 195 Å². The van der Waals surface area contributed by atoms with Crippen LogP contribution in [0.1, 0.15) is 41.9 Å². The molecule has 2 aliphatic rings. The van der Waals surface area contributed by atoms with Crippen LogP contribution >= 0.6 is 11.3 Å². The van der Waals surface area contributed by atoms with Crippen molar-refractivity contribution in [3.8, 4) is 0 Å². The summed E-state index contributed by atoms with van der Waals surface area (Å²) in [4.78, 5) is 21.8. The zero-order chi connectivity index (χ0) is 22.6. The predicted octanol–water partition coefficient (Wildman–Crippen LogP) is 2.90. The number of thiazole rings is 1. The van der Waals surface area contributed by atoms with Crippen molar-refractivity contribution in [2.45, 2.75) is 50.5 Å². The van der Waals surface area contributed by atoms with Crippen LogP contribution in [0, 0.1) is 6.92 Å². The molecule has 1 aromatic heterocycles. The molecule has 0 saturated carbocycles. The number of hydrogen-bond acceptors (Lipinski definition) is 6. The van der Waals surface area contributed by atoms with Gasteiger partial charge < -0.3 is 4.90 Å². The highest BCUT2D eigenvalue weighted by Gasteiger charge is 2.26. The molecular formula is C23H32N4O3S2. The highest BCUT2D eigenvalue weighted by molar-refractivity contribution is 7.89. The third kappa shape index (κ3) is 5.75. The number of sulfonamides is 1. The van der Waals surface area contributed by atoms with Crippen LogP contribution in [0.2, 0.25) is 0 Å². The summed E-state index contributed by atoms with van der Waals surface area (Å²) < 4.78 is 27.1. The molecule has 0 N–H and O–H groups in total. The highest BCUT2D eigenvalue weighted by atomic mass is 32.2. The molecule has 3 heterocycles. The Morgan fingerprint density at radius 1 is 1.00 bits per heavy atom. The number of piperidine rings is 1. The van der Waals surface area contributed by atoms with Gasteiger partial charge >= 0.3 is 0 Å². The molecule has 1 aromatic carbocycles.